The molecule has 0 aromatic carbocycles. The zero-order chi connectivity index (χ0) is 8.60. The first kappa shape index (κ1) is 8.59. The van der Waals surface area contributed by atoms with Crippen LogP contribution in [0.4, 0.5) is 0 Å². The van der Waals surface area contributed by atoms with E-state index < -0.39 is 0 Å². The van der Waals surface area contributed by atoms with Gasteiger partial charge in [-0.1, -0.05) is 46.0 Å². The summed E-state index contributed by atoms with van der Waals surface area (Å²) in [5, 5.41) is 0. The highest BCUT2D eigenvalue weighted by molar-refractivity contribution is 4.95. The lowest BCUT2D eigenvalue weighted by molar-refractivity contribution is 0.310. The van der Waals surface area contributed by atoms with E-state index in [2.05, 4.69) is 13.8 Å². The van der Waals surface area contributed by atoms with Gasteiger partial charge in [-0.3, -0.25) is 0 Å². The van der Waals surface area contributed by atoms with Crippen LogP contribution in [0.3, 0.4) is 0 Å². The minimum absolute atomic E-state index is 0.720. The summed E-state index contributed by atoms with van der Waals surface area (Å²) < 4.78 is 0. The zero-order valence-electron chi connectivity index (χ0n) is 8.60. The van der Waals surface area contributed by atoms with Crippen LogP contribution in [-0.2, 0) is 0 Å². The van der Waals surface area contributed by atoms with E-state index in [1.165, 1.54) is 38.5 Å². The maximum Gasteiger partial charge on any atom is -0.0323 e. The lowest BCUT2D eigenvalue weighted by atomic mass is 9.84. The van der Waals surface area contributed by atoms with Crippen molar-refractivity contribution in [1.82, 2.24) is 0 Å². The minimum atomic E-state index is 0.720. The second-order valence-corrected chi connectivity index (χ2v) is 5.63. The van der Waals surface area contributed by atoms with Crippen molar-refractivity contribution in [1.29, 1.82) is 0 Å². The molecule has 1 atom stereocenters. The van der Waals surface area contributed by atoms with Gasteiger partial charge in [0.25, 0.3) is 0 Å². The third kappa shape index (κ3) is 1.84. The van der Waals surface area contributed by atoms with Crippen LogP contribution < -0.4 is 0 Å². The SMILES string of the molecule is CC1(C)CC1CC1CCCCC1. The van der Waals surface area contributed by atoms with Crippen LogP contribution in [0.5, 0.6) is 0 Å². The molecule has 0 spiro atoms. The molecule has 1 unspecified atom stereocenters. The van der Waals surface area contributed by atoms with Crippen LogP contribution in [0.15, 0.2) is 0 Å². The van der Waals surface area contributed by atoms with Crippen LogP contribution in [0.2, 0.25) is 0 Å². The van der Waals surface area contributed by atoms with Gasteiger partial charge in [-0.25, -0.2) is 0 Å². The van der Waals surface area contributed by atoms with E-state index in [0.717, 1.165) is 17.3 Å². The molecule has 2 aliphatic rings. The van der Waals surface area contributed by atoms with Gasteiger partial charge in [0.1, 0.15) is 0 Å². The van der Waals surface area contributed by atoms with Crippen molar-refractivity contribution in [3.63, 3.8) is 0 Å². The standard InChI is InChI=1S/C12H22/c1-12(2)9-11(12)8-10-6-4-3-5-7-10/h10-11H,3-9H2,1-2H3. The molecule has 0 nitrogen and oxygen atoms in total. The Labute approximate surface area is 76.7 Å². The Hall–Kier alpha value is 0. The Morgan fingerprint density at radius 3 is 2.17 bits per heavy atom. The highest BCUT2D eigenvalue weighted by Crippen LogP contribution is 2.55. The van der Waals surface area contributed by atoms with E-state index >= 15 is 0 Å². The lowest BCUT2D eigenvalue weighted by Crippen LogP contribution is -2.08. The molecule has 2 fully saturated rings. The zero-order valence-corrected chi connectivity index (χ0v) is 8.60. The summed E-state index contributed by atoms with van der Waals surface area (Å²) in [5.41, 5.74) is 0.720. The first-order valence-electron chi connectivity index (χ1n) is 5.68. The fourth-order valence-electron chi connectivity index (χ4n) is 2.80. The van der Waals surface area contributed by atoms with Gasteiger partial charge in [-0.15, -0.1) is 0 Å². The minimum Gasteiger partial charge on any atom is -0.0596 e. The number of hydrogen-bond acceptors (Lipinski definition) is 0. The molecule has 0 saturated heterocycles. The summed E-state index contributed by atoms with van der Waals surface area (Å²) in [6, 6.07) is 0. The maximum absolute atomic E-state index is 2.43. The van der Waals surface area contributed by atoms with Gasteiger partial charge in [0.15, 0.2) is 0 Å². The van der Waals surface area contributed by atoms with Crippen molar-refractivity contribution in [2.45, 2.75) is 58.8 Å². The van der Waals surface area contributed by atoms with Crippen molar-refractivity contribution in [2.75, 3.05) is 0 Å². The molecule has 0 aromatic heterocycles. The van der Waals surface area contributed by atoms with E-state index in [-0.39, 0.29) is 0 Å². The maximum atomic E-state index is 2.43. The Morgan fingerprint density at radius 2 is 1.67 bits per heavy atom. The average molecular weight is 166 g/mol. The molecule has 0 heteroatoms. The highest BCUT2D eigenvalue weighted by Gasteiger charge is 2.45. The third-order valence-electron chi connectivity index (χ3n) is 4.06. The molecule has 0 aromatic rings. The van der Waals surface area contributed by atoms with Crippen molar-refractivity contribution in [3.8, 4) is 0 Å². The molecule has 2 rings (SSSR count). The van der Waals surface area contributed by atoms with E-state index in [1.807, 2.05) is 0 Å². The van der Waals surface area contributed by atoms with Gasteiger partial charge >= 0.3 is 0 Å². The van der Waals surface area contributed by atoms with Gasteiger partial charge in [0, 0.05) is 0 Å². The molecular weight excluding hydrogens is 144 g/mol. The van der Waals surface area contributed by atoms with E-state index in [0.29, 0.717) is 0 Å². The van der Waals surface area contributed by atoms with Crippen molar-refractivity contribution in [3.05, 3.63) is 0 Å². The Bertz CT molecular complexity index is 151. The third-order valence-corrected chi connectivity index (χ3v) is 4.06. The average Bonchev–Trinajstić information content (AvgIpc) is 2.61. The topological polar surface area (TPSA) is 0 Å². The summed E-state index contributed by atoms with van der Waals surface area (Å²) in [4.78, 5) is 0. The molecular formula is C12H22. The predicted octanol–water partition coefficient (Wildman–Crippen LogP) is 4.00. The summed E-state index contributed by atoms with van der Waals surface area (Å²) in [7, 11) is 0. The van der Waals surface area contributed by atoms with Crippen LogP contribution in [0.1, 0.15) is 58.8 Å². The first-order valence-corrected chi connectivity index (χ1v) is 5.68. The molecule has 0 amide bonds. The molecule has 0 bridgehead atoms. The molecule has 0 radical (unpaired) electrons. The second kappa shape index (κ2) is 3.05. The van der Waals surface area contributed by atoms with Gasteiger partial charge in [-0.05, 0) is 30.1 Å². The Morgan fingerprint density at radius 1 is 1.08 bits per heavy atom. The Kier molecular flexibility index (Phi) is 2.18. The van der Waals surface area contributed by atoms with Crippen LogP contribution in [-0.4, -0.2) is 0 Å². The Balaban J connectivity index is 1.73. The second-order valence-electron chi connectivity index (χ2n) is 5.63. The summed E-state index contributed by atoms with van der Waals surface area (Å²) in [6.45, 7) is 4.86. The van der Waals surface area contributed by atoms with Crippen LogP contribution in [0.25, 0.3) is 0 Å². The van der Waals surface area contributed by atoms with E-state index in [1.54, 1.807) is 6.42 Å². The smallest absolute Gasteiger partial charge is 0.0323 e. The normalized spacial score (nSPS) is 35.0. The fraction of sp³-hybridized carbons (Fsp3) is 1.00. The van der Waals surface area contributed by atoms with Gasteiger partial charge in [-0.2, -0.15) is 0 Å². The molecule has 0 N–H and O–H groups in total. The van der Waals surface area contributed by atoms with Gasteiger partial charge < -0.3 is 0 Å². The molecule has 2 aliphatic carbocycles. The molecule has 2 saturated carbocycles. The van der Waals surface area contributed by atoms with Crippen molar-refractivity contribution in [2.24, 2.45) is 17.3 Å². The van der Waals surface area contributed by atoms with Crippen LogP contribution >= 0.6 is 0 Å². The fourth-order valence-corrected chi connectivity index (χ4v) is 2.80. The molecule has 0 heterocycles. The molecule has 0 aliphatic heterocycles. The predicted molar refractivity (Wildman–Crippen MR) is 53.1 cm³/mol. The largest absolute Gasteiger partial charge is 0.0596 e. The quantitative estimate of drug-likeness (QED) is 0.581. The summed E-state index contributed by atoms with van der Waals surface area (Å²) >= 11 is 0. The molecule has 70 valence electrons. The van der Waals surface area contributed by atoms with E-state index in [4.69, 9.17) is 0 Å². The van der Waals surface area contributed by atoms with E-state index in [9.17, 15) is 0 Å². The first-order chi connectivity index (χ1) is 5.68. The summed E-state index contributed by atoms with van der Waals surface area (Å²) in [5.74, 6) is 2.19. The molecule has 12 heavy (non-hydrogen) atoms. The monoisotopic (exact) mass is 166 g/mol. The van der Waals surface area contributed by atoms with Gasteiger partial charge in [0.2, 0.25) is 0 Å². The number of rotatable bonds is 2. The van der Waals surface area contributed by atoms with Crippen LogP contribution in [0, 0.1) is 17.3 Å². The number of hydrogen-bond donors (Lipinski definition) is 0. The van der Waals surface area contributed by atoms with Crippen molar-refractivity contribution < 1.29 is 0 Å². The highest BCUT2D eigenvalue weighted by atomic mass is 14.5. The van der Waals surface area contributed by atoms with Gasteiger partial charge in [0.05, 0.1) is 0 Å². The lowest BCUT2D eigenvalue weighted by Gasteiger charge is -2.21. The summed E-state index contributed by atoms with van der Waals surface area (Å²) in [6.07, 6.45) is 10.6. The van der Waals surface area contributed by atoms with Crippen molar-refractivity contribution >= 4 is 0 Å².